The SMILES string of the molecule is CCOCC.NCCN. The second-order valence-electron chi connectivity index (χ2n) is 1.36. The molecule has 0 aromatic carbocycles. The molecule has 0 bridgehead atoms. The molecule has 0 aromatic heterocycles. The molecule has 0 fully saturated rings. The molecule has 0 unspecified atom stereocenters. The van der Waals surface area contributed by atoms with Crippen molar-refractivity contribution in [2.45, 2.75) is 13.8 Å². The van der Waals surface area contributed by atoms with Gasteiger partial charge < -0.3 is 16.2 Å². The molecule has 0 saturated heterocycles. The van der Waals surface area contributed by atoms with Gasteiger partial charge in [-0.3, -0.25) is 0 Å². The summed E-state index contributed by atoms with van der Waals surface area (Å²) in [4.78, 5) is 0. The van der Waals surface area contributed by atoms with E-state index in [2.05, 4.69) is 0 Å². The summed E-state index contributed by atoms with van der Waals surface area (Å²) in [6.45, 7) is 6.86. The number of ether oxygens (including phenoxy) is 1. The second-order valence-corrected chi connectivity index (χ2v) is 1.36. The van der Waals surface area contributed by atoms with Crippen LogP contribution in [0.3, 0.4) is 0 Å². The van der Waals surface area contributed by atoms with Crippen molar-refractivity contribution in [2.24, 2.45) is 11.5 Å². The minimum atomic E-state index is 0.597. The minimum absolute atomic E-state index is 0.597. The summed E-state index contributed by atoms with van der Waals surface area (Å²) in [6.07, 6.45) is 0. The van der Waals surface area contributed by atoms with E-state index in [4.69, 9.17) is 16.2 Å². The highest BCUT2D eigenvalue weighted by molar-refractivity contribution is 4.26. The highest BCUT2D eigenvalue weighted by Gasteiger charge is 1.64. The second kappa shape index (κ2) is 15.7. The van der Waals surface area contributed by atoms with Crippen LogP contribution in [0.1, 0.15) is 13.8 Å². The molecule has 0 aromatic rings. The van der Waals surface area contributed by atoms with Crippen LogP contribution in [0.15, 0.2) is 0 Å². The van der Waals surface area contributed by atoms with Crippen LogP contribution in [0, 0.1) is 0 Å². The fourth-order valence-corrected chi connectivity index (χ4v) is 0.204. The first-order valence-electron chi connectivity index (χ1n) is 3.31. The van der Waals surface area contributed by atoms with Gasteiger partial charge in [-0.15, -0.1) is 0 Å². The molecule has 0 atom stereocenters. The zero-order valence-electron chi connectivity index (χ0n) is 6.39. The van der Waals surface area contributed by atoms with Crippen LogP contribution in [0.4, 0.5) is 0 Å². The van der Waals surface area contributed by atoms with E-state index < -0.39 is 0 Å². The van der Waals surface area contributed by atoms with Crippen LogP contribution < -0.4 is 11.5 Å². The zero-order chi connectivity index (χ0) is 7.54. The Morgan fingerprint density at radius 2 is 1.33 bits per heavy atom. The van der Waals surface area contributed by atoms with E-state index in [1.54, 1.807) is 0 Å². The number of rotatable bonds is 3. The van der Waals surface area contributed by atoms with E-state index in [1.807, 2.05) is 13.8 Å². The maximum absolute atomic E-state index is 4.90. The van der Waals surface area contributed by atoms with Gasteiger partial charge in [0.2, 0.25) is 0 Å². The van der Waals surface area contributed by atoms with Crippen molar-refractivity contribution in [3.63, 3.8) is 0 Å². The Morgan fingerprint density at radius 1 is 1.00 bits per heavy atom. The van der Waals surface area contributed by atoms with Gasteiger partial charge in [0.25, 0.3) is 0 Å². The molecule has 0 heterocycles. The molecule has 0 rings (SSSR count). The van der Waals surface area contributed by atoms with Gasteiger partial charge in [-0.2, -0.15) is 0 Å². The molecule has 0 amide bonds. The smallest absolute Gasteiger partial charge is 0.0437 e. The van der Waals surface area contributed by atoms with Crippen molar-refractivity contribution >= 4 is 0 Å². The Labute approximate surface area is 57.4 Å². The first-order valence-corrected chi connectivity index (χ1v) is 3.31. The van der Waals surface area contributed by atoms with Crippen LogP contribution in [0.25, 0.3) is 0 Å². The fraction of sp³-hybridized carbons (Fsp3) is 1.00. The highest BCUT2D eigenvalue weighted by atomic mass is 16.5. The van der Waals surface area contributed by atoms with Gasteiger partial charge in [0.05, 0.1) is 0 Å². The first-order chi connectivity index (χ1) is 4.33. The third-order valence-corrected chi connectivity index (χ3v) is 0.575. The summed E-state index contributed by atoms with van der Waals surface area (Å²) < 4.78 is 4.83. The van der Waals surface area contributed by atoms with Gasteiger partial charge in [0.15, 0.2) is 0 Å². The van der Waals surface area contributed by atoms with Crippen molar-refractivity contribution in [3.8, 4) is 0 Å². The topological polar surface area (TPSA) is 61.3 Å². The maximum Gasteiger partial charge on any atom is 0.0437 e. The third-order valence-electron chi connectivity index (χ3n) is 0.575. The zero-order valence-corrected chi connectivity index (χ0v) is 6.39. The van der Waals surface area contributed by atoms with Gasteiger partial charge >= 0.3 is 0 Å². The summed E-state index contributed by atoms with van der Waals surface area (Å²) in [5.74, 6) is 0. The van der Waals surface area contributed by atoms with E-state index in [0.717, 1.165) is 13.2 Å². The Balaban J connectivity index is 0. The molecular weight excluding hydrogens is 116 g/mol. The molecular formula is C6H18N2O. The Hall–Kier alpha value is -0.120. The van der Waals surface area contributed by atoms with Gasteiger partial charge in [0, 0.05) is 26.3 Å². The minimum Gasteiger partial charge on any atom is -0.382 e. The van der Waals surface area contributed by atoms with E-state index in [0.29, 0.717) is 13.1 Å². The van der Waals surface area contributed by atoms with Gasteiger partial charge in [-0.25, -0.2) is 0 Å². The van der Waals surface area contributed by atoms with Gasteiger partial charge in [-0.05, 0) is 13.8 Å². The van der Waals surface area contributed by atoms with E-state index >= 15 is 0 Å². The molecule has 0 aliphatic carbocycles. The average molecular weight is 134 g/mol. The molecule has 0 spiro atoms. The molecule has 3 nitrogen and oxygen atoms in total. The molecule has 58 valence electrons. The molecule has 9 heavy (non-hydrogen) atoms. The Morgan fingerprint density at radius 3 is 1.33 bits per heavy atom. The van der Waals surface area contributed by atoms with Crippen molar-refractivity contribution in [3.05, 3.63) is 0 Å². The Bertz CT molecular complexity index is 30.2. The van der Waals surface area contributed by atoms with Crippen molar-refractivity contribution in [2.75, 3.05) is 26.3 Å². The third kappa shape index (κ3) is 32.8. The Kier molecular flexibility index (Phi) is 20.3. The lowest BCUT2D eigenvalue weighted by Crippen LogP contribution is -2.11. The predicted molar refractivity (Wildman–Crippen MR) is 40.3 cm³/mol. The quantitative estimate of drug-likeness (QED) is 0.568. The lowest BCUT2D eigenvalue weighted by molar-refractivity contribution is 0.162. The summed E-state index contributed by atoms with van der Waals surface area (Å²) in [5.41, 5.74) is 9.81. The van der Waals surface area contributed by atoms with E-state index in [1.165, 1.54) is 0 Å². The molecule has 0 aliphatic heterocycles. The molecule has 0 aliphatic rings. The van der Waals surface area contributed by atoms with E-state index in [9.17, 15) is 0 Å². The lowest BCUT2D eigenvalue weighted by atomic mass is 10.7. The predicted octanol–water partition coefficient (Wildman–Crippen LogP) is -0.0534. The van der Waals surface area contributed by atoms with Crippen LogP contribution >= 0.6 is 0 Å². The summed E-state index contributed by atoms with van der Waals surface area (Å²) in [6, 6.07) is 0. The average Bonchev–Trinajstić information content (AvgIpc) is 1.91. The molecule has 0 saturated carbocycles. The van der Waals surface area contributed by atoms with Crippen LogP contribution in [0.2, 0.25) is 0 Å². The van der Waals surface area contributed by atoms with Crippen LogP contribution in [-0.2, 0) is 4.74 Å². The van der Waals surface area contributed by atoms with Crippen LogP contribution in [0.5, 0.6) is 0 Å². The van der Waals surface area contributed by atoms with Gasteiger partial charge in [-0.1, -0.05) is 0 Å². The lowest BCUT2D eigenvalue weighted by Gasteiger charge is -1.86. The van der Waals surface area contributed by atoms with Gasteiger partial charge in [0.1, 0.15) is 0 Å². The normalized spacial score (nSPS) is 8.00. The molecule has 0 radical (unpaired) electrons. The number of hydrogen-bond donors (Lipinski definition) is 2. The van der Waals surface area contributed by atoms with Crippen molar-refractivity contribution in [1.29, 1.82) is 0 Å². The van der Waals surface area contributed by atoms with Crippen LogP contribution in [-0.4, -0.2) is 26.3 Å². The summed E-state index contributed by atoms with van der Waals surface area (Å²) in [7, 11) is 0. The fourth-order valence-electron chi connectivity index (χ4n) is 0.204. The maximum atomic E-state index is 4.90. The number of nitrogens with two attached hydrogens (primary N) is 2. The monoisotopic (exact) mass is 134 g/mol. The summed E-state index contributed by atoms with van der Waals surface area (Å²) in [5, 5.41) is 0. The standard InChI is InChI=1S/C4H10O.C2H8N2/c1-3-5-4-2;3-1-2-4/h3-4H2,1-2H3;1-4H2. The summed E-state index contributed by atoms with van der Waals surface area (Å²) >= 11 is 0. The highest BCUT2D eigenvalue weighted by Crippen LogP contribution is 1.64. The van der Waals surface area contributed by atoms with Crippen molar-refractivity contribution < 1.29 is 4.74 Å². The first kappa shape index (κ1) is 11.6. The largest absolute Gasteiger partial charge is 0.382 e. The molecule has 4 N–H and O–H groups in total. The van der Waals surface area contributed by atoms with Crippen molar-refractivity contribution in [1.82, 2.24) is 0 Å². The molecule has 3 heteroatoms. The van der Waals surface area contributed by atoms with E-state index in [-0.39, 0.29) is 0 Å². The number of hydrogen-bond acceptors (Lipinski definition) is 3.